The predicted molar refractivity (Wildman–Crippen MR) is 29.2 cm³/mol. The van der Waals surface area contributed by atoms with Crippen molar-refractivity contribution in [2.24, 2.45) is 0 Å². The van der Waals surface area contributed by atoms with Gasteiger partial charge in [0.2, 0.25) is 0 Å². The van der Waals surface area contributed by atoms with E-state index in [0.29, 0.717) is 0 Å². The summed E-state index contributed by atoms with van der Waals surface area (Å²) < 4.78 is 0. The third-order valence-corrected chi connectivity index (χ3v) is 0. The Labute approximate surface area is 226 Å². The summed E-state index contributed by atoms with van der Waals surface area (Å²) in [6, 6.07) is 0. The zero-order valence-corrected chi connectivity index (χ0v) is 24.1. The summed E-state index contributed by atoms with van der Waals surface area (Å²) in [6.07, 6.45) is 0. The maximum Gasteiger partial charge on any atom is 4.00 e. The van der Waals surface area contributed by atoms with Gasteiger partial charge >= 0.3 is 182 Å². The third-order valence-electron chi connectivity index (χ3n) is 0. The first kappa shape index (κ1) is 252. The Morgan fingerprint density at radius 3 is 0.267 bits per heavy atom. The zero-order valence-electron chi connectivity index (χ0n) is 6.69. The molecule has 0 aliphatic heterocycles. The van der Waals surface area contributed by atoms with Gasteiger partial charge in [0.25, 0.3) is 0 Å². The van der Waals surface area contributed by atoms with Crippen LogP contribution in [0.25, 0.3) is 0 Å². The quantitative estimate of drug-likeness (QED) is 0.227. The van der Waals surface area contributed by atoms with Gasteiger partial charge < -0.3 is 49.3 Å². The second-order valence-corrected chi connectivity index (χ2v) is 0. The van der Waals surface area contributed by atoms with Crippen molar-refractivity contribution in [3.63, 3.8) is 0 Å². The summed E-state index contributed by atoms with van der Waals surface area (Å²) in [4.78, 5) is 0. The SMILES string of the molecule is [Bi+3].[Bi+3].[O-2].[O-2].[O-2].[O-2].[O-2].[O-2].[O-2].[O-2].[O-2].[Ru+4].[Ru+4].[Sr+2].[Sr+2]. The minimum absolute atomic E-state index is 0. The molecule has 0 rings (SSSR count). The van der Waals surface area contributed by atoms with Crippen LogP contribution in [0.4, 0.5) is 0 Å². The van der Waals surface area contributed by atoms with Crippen LogP contribution in [0.5, 0.6) is 0 Å². The largest absolute Gasteiger partial charge is 4.00 e. The summed E-state index contributed by atoms with van der Waals surface area (Å²) >= 11 is 0. The molecule has 0 heterocycles. The molecule has 0 bridgehead atoms. The summed E-state index contributed by atoms with van der Waals surface area (Å²) in [6.45, 7) is 0. The van der Waals surface area contributed by atoms with E-state index in [1.165, 1.54) is 0 Å². The Bertz CT molecular complexity index is 24.1. The fraction of sp³-hybridized carbons (Fsp3) is 0. The van der Waals surface area contributed by atoms with Gasteiger partial charge in [0.15, 0.2) is 0 Å². The Morgan fingerprint density at radius 1 is 0.267 bits per heavy atom. The maximum absolute atomic E-state index is 0. The van der Waals surface area contributed by atoms with E-state index in [0.717, 1.165) is 0 Å². The Hall–Kier alpha value is 5.61. The van der Waals surface area contributed by atoms with Crippen molar-refractivity contribution in [1.82, 2.24) is 0 Å². The molecule has 84 valence electrons. The molecule has 4 radical (unpaired) electrons. The van der Waals surface area contributed by atoms with E-state index in [-0.39, 0.29) is 232 Å². The molecule has 0 unspecified atom stereocenters. The van der Waals surface area contributed by atoms with Crippen LogP contribution < -0.4 is 0 Å². The standard InChI is InChI=1S/2Bi.9O.2Ru.2Sr/q2*+3;9*-2;2*+4;2*+2. The van der Waals surface area contributed by atoms with Gasteiger partial charge in [0, 0.05) is 0 Å². The molecule has 15 heavy (non-hydrogen) atoms. The molecule has 15 heteroatoms. The van der Waals surface area contributed by atoms with Crippen molar-refractivity contribution in [3.05, 3.63) is 0 Å². The van der Waals surface area contributed by atoms with Crippen LogP contribution in [-0.4, -0.2) is 143 Å². The van der Waals surface area contributed by atoms with Crippen molar-refractivity contribution in [3.8, 4) is 0 Å². The van der Waals surface area contributed by atoms with Crippen molar-refractivity contribution in [2.75, 3.05) is 0 Å². The van der Waals surface area contributed by atoms with Gasteiger partial charge in [0.1, 0.15) is 0 Å². The van der Waals surface area contributed by atoms with Gasteiger partial charge in [-0.2, -0.15) is 0 Å². The van der Waals surface area contributed by atoms with Gasteiger partial charge in [0.05, 0.1) is 0 Å². The van der Waals surface area contributed by atoms with Gasteiger partial charge in [-0.3, -0.25) is 0 Å². The van der Waals surface area contributed by atoms with Crippen molar-refractivity contribution in [1.29, 1.82) is 0 Å². The Kier molecular flexibility index (Phi) is 3620. The molecule has 0 saturated heterocycles. The summed E-state index contributed by atoms with van der Waals surface area (Å²) in [5, 5.41) is 0. The van der Waals surface area contributed by atoms with E-state index in [2.05, 4.69) is 0 Å². The molecule has 0 spiro atoms. The van der Waals surface area contributed by atoms with E-state index in [9.17, 15) is 0 Å². The van der Waals surface area contributed by atoms with Crippen LogP contribution in [0.15, 0.2) is 0 Å². The molecule has 0 aliphatic rings. The monoisotopic (exact) mass is 942 g/mol. The van der Waals surface area contributed by atoms with Crippen LogP contribution in [-0.2, 0) is 88.2 Å². The summed E-state index contributed by atoms with van der Waals surface area (Å²) in [5.41, 5.74) is 0. The molecule has 9 nitrogen and oxygen atoms in total. The van der Waals surface area contributed by atoms with E-state index in [4.69, 9.17) is 0 Å². The second-order valence-electron chi connectivity index (χ2n) is 0. The molecule has 0 fully saturated rings. The molecular weight excluding hydrogens is 939 g/mol. The minimum atomic E-state index is 0. The smallest absolute Gasteiger partial charge is 2.00 e. The fourth-order valence-corrected chi connectivity index (χ4v) is 0. The fourth-order valence-electron chi connectivity index (χ4n) is 0. The minimum Gasteiger partial charge on any atom is -2.00 e. The first-order chi connectivity index (χ1) is 0. The molecule has 0 saturated carbocycles. The van der Waals surface area contributed by atoms with E-state index in [1.54, 1.807) is 0 Å². The van der Waals surface area contributed by atoms with Crippen molar-refractivity contribution >= 4 is 143 Å². The van der Waals surface area contributed by atoms with Crippen molar-refractivity contribution < 1.29 is 88.2 Å². The van der Waals surface area contributed by atoms with Crippen LogP contribution in [0, 0.1) is 0 Å². The molecule has 0 atom stereocenters. The molecule has 0 aromatic heterocycles. The van der Waals surface area contributed by atoms with Crippen LogP contribution in [0.1, 0.15) is 0 Å². The molecule has 0 aromatic rings. The van der Waals surface area contributed by atoms with E-state index < -0.39 is 0 Å². The first-order valence-electron chi connectivity index (χ1n) is 0. The normalized spacial score (nSPS) is 0. The topological polar surface area (TPSA) is 256 Å². The van der Waals surface area contributed by atoms with Gasteiger partial charge in [-0.1, -0.05) is 0 Å². The van der Waals surface area contributed by atoms with Crippen LogP contribution in [0.2, 0.25) is 0 Å². The van der Waals surface area contributed by atoms with E-state index in [1.807, 2.05) is 0 Å². The molecule has 0 aliphatic carbocycles. The average Bonchev–Trinajstić information content (AvgIpc) is 0. The maximum atomic E-state index is 0. The van der Waals surface area contributed by atoms with Crippen molar-refractivity contribution in [2.45, 2.75) is 0 Å². The molecule has 0 amide bonds. The average molecular weight is 939 g/mol. The summed E-state index contributed by atoms with van der Waals surface area (Å²) in [5.74, 6) is 0. The predicted octanol–water partition coefficient (Wildman–Crippen LogP) is -2.60. The molecule has 0 N–H and O–H groups in total. The zero-order chi connectivity index (χ0) is 0. The van der Waals surface area contributed by atoms with Gasteiger partial charge in [-0.25, -0.2) is 0 Å². The third kappa shape index (κ3) is 193. The van der Waals surface area contributed by atoms with Gasteiger partial charge in [-0.15, -0.1) is 0 Å². The van der Waals surface area contributed by atoms with Gasteiger partial charge in [-0.05, 0) is 0 Å². The number of rotatable bonds is 0. The Balaban J connectivity index is 0. The Morgan fingerprint density at radius 2 is 0.267 bits per heavy atom. The number of hydrogen-bond acceptors (Lipinski definition) is 0. The summed E-state index contributed by atoms with van der Waals surface area (Å²) in [7, 11) is 0. The second kappa shape index (κ2) is 216. The number of hydrogen-bond donors (Lipinski definition) is 0. The van der Waals surface area contributed by atoms with Crippen LogP contribution >= 0.6 is 0 Å². The first-order valence-corrected chi connectivity index (χ1v) is 0. The molecule has 0 aromatic carbocycles. The van der Waals surface area contributed by atoms with Crippen LogP contribution in [0.3, 0.4) is 0 Å². The molecular formula is Bi2O9Ru2Sr2. The van der Waals surface area contributed by atoms with E-state index >= 15 is 0 Å².